The van der Waals surface area contributed by atoms with Crippen LogP contribution in [0.1, 0.15) is 19.8 Å². The zero-order valence-corrected chi connectivity index (χ0v) is 13.3. The van der Waals surface area contributed by atoms with E-state index in [0.717, 1.165) is 24.3 Å². The van der Waals surface area contributed by atoms with E-state index >= 15 is 0 Å². The number of nitrogens with one attached hydrogen (secondary N) is 2. The standard InChI is InChI=1S/C13H21N3O2S2/c1-2-15-12-3-6-14-10-13(12)20(17,18)16-9-11-4-7-19-8-5-11/h3,6,10-11,16H,2,4-5,7-9H2,1H3,(H,14,15). The molecule has 0 atom stereocenters. The third-order valence-corrected chi connectivity index (χ3v) is 5.84. The van der Waals surface area contributed by atoms with E-state index in [-0.39, 0.29) is 4.90 Å². The number of sulfonamides is 1. The largest absolute Gasteiger partial charge is 0.384 e. The fourth-order valence-corrected chi connectivity index (χ4v) is 4.63. The first kappa shape index (κ1) is 15.6. The normalized spacial score (nSPS) is 17.1. The average Bonchev–Trinajstić information content (AvgIpc) is 2.47. The first-order valence-corrected chi connectivity index (χ1v) is 9.52. The molecule has 0 radical (unpaired) electrons. The van der Waals surface area contributed by atoms with Crippen LogP contribution in [0.2, 0.25) is 0 Å². The Morgan fingerprint density at radius 1 is 1.40 bits per heavy atom. The van der Waals surface area contributed by atoms with Gasteiger partial charge in [-0.15, -0.1) is 0 Å². The number of nitrogens with zero attached hydrogens (tertiary/aromatic N) is 1. The van der Waals surface area contributed by atoms with E-state index in [4.69, 9.17) is 0 Å². The molecule has 2 heterocycles. The summed E-state index contributed by atoms with van der Waals surface area (Å²) in [5, 5.41) is 3.06. The van der Waals surface area contributed by atoms with Crippen molar-refractivity contribution in [3.63, 3.8) is 0 Å². The van der Waals surface area contributed by atoms with Crippen molar-refractivity contribution in [3.05, 3.63) is 18.5 Å². The molecule has 0 spiro atoms. The fraction of sp³-hybridized carbons (Fsp3) is 0.615. The smallest absolute Gasteiger partial charge is 0.244 e. The summed E-state index contributed by atoms with van der Waals surface area (Å²) in [6.07, 6.45) is 5.16. The Bertz CT molecular complexity index is 528. The number of hydrogen-bond donors (Lipinski definition) is 2. The van der Waals surface area contributed by atoms with E-state index in [1.807, 2.05) is 18.7 Å². The second-order valence-electron chi connectivity index (χ2n) is 4.81. The number of rotatable bonds is 6. The Kier molecular flexibility index (Phi) is 5.68. The predicted octanol–water partition coefficient (Wildman–Crippen LogP) is 1.93. The van der Waals surface area contributed by atoms with E-state index in [9.17, 15) is 8.42 Å². The van der Waals surface area contributed by atoms with Gasteiger partial charge in [0.2, 0.25) is 10.0 Å². The minimum absolute atomic E-state index is 0.229. The van der Waals surface area contributed by atoms with E-state index in [0.29, 0.717) is 24.7 Å². The van der Waals surface area contributed by atoms with Gasteiger partial charge in [-0.1, -0.05) is 0 Å². The van der Waals surface area contributed by atoms with Gasteiger partial charge in [-0.3, -0.25) is 4.98 Å². The van der Waals surface area contributed by atoms with Crippen LogP contribution in [0, 0.1) is 5.92 Å². The van der Waals surface area contributed by atoms with Crippen LogP contribution in [0.3, 0.4) is 0 Å². The molecule has 1 fully saturated rings. The van der Waals surface area contributed by atoms with Crippen LogP contribution < -0.4 is 10.0 Å². The monoisotopic (exact) mass is 315 g/mol. The van der Waals surface area contributed by atoms with Gasteiger partial charge in [0.05, 0.1) is 5.69 Å². The first-order chi connectivity index (χ1) is 9.63. The third kappa shape index (κ3) is 4.10. The Labute approximate surface area is 125 Å². The summed E-state index contributed by atoms with van der Waals surface area (Å²) in [4.78, 5) is 4.15. The van der Waals surface area contributed by atoms with Crippen molar-refractivity contribution >= 4 is 27.5 Å². The quantitative estimate of drug-likeness (QED) is 0.839. The zero-order chi connectivity index (χ0) is 14.4. The molecule has 1 aromatic heterocycles. The van der Waals surface area contributed by atoms with Crippen molar-refractivity contribution in [2.24, 2.45) is 5.92 Å². The molecule has 0 amide bonds. The summed E-state index contributed by atoms with van der Waals surface area (Å²) in [5.41, 5.74) is 0.606. The average molecular weight is 315 g/mol. The van der Waals surface area contributed by atoms with Crippen molar-refractivity contribution in [1.29, 1.82) is 0 Å². The number of anilines is 1. The van der Waals surface area contributed by atoms with Crippen LogP contribution in [0.25, 0.3) is 0 Å². The van der Waals surface area contributed by atoms with Gasteiger partial charge in [-0.2, -0.15) is 11.8 Å². The van der Waals surface area contributed by atoms with E-state index in [1.165, 1.54) is 6.20 Å². The molecule has 0 aromatic carbocycles. The second kappa shape index (κ2) is 7.28. The van der Waals surface area contributed by atoms with Gasteiger partial charge in [0, 0.05) is 25.5 Å². The lowest BCUT2D eigenvalue weighted by Crippen LogP contribution is -2.31. The molecule has 112 valence electrons. The van der Waals surface area contributed by atoms with E-state index < -0.39 is 10.0 Å². The molecule has 1 aliphatic rings. The highest BCUT2D eigenvalue weighted by atomic mass is 32.2. The Hall–Kier alpha value is -0.790. The molecule has 1 aliphatic heterocycles. The van der Waals surface area contributed by atoms with Gasteiger partial charge in [-0.05, 0) is 43.3 Å². The fourth-order valence-electron chi connectivity index (χ4n) is 2.19. The minimum Gasteiger partial charge on any atom is -0.384 e. The molecule has 1 saturated heterocycles. The number of pyridine rings is 1. The van der Waals surface area contributed by atoms with E-state index in [2.05, 4.69) is 15.0 Å². The van der Waals surface area contributed by atoms with Crippen molar-refractivity contribution in [1.82, 2.24) is 9.71 Å². The highest BCUT2D eigenvalue weighted by Crippen LogP contribution is 2.23. The lowest BCUT2D eigenvalue weighted by molar-refractivity contribution is 0.476. The second-order valence-corrected chi connectivity index (χ2v) is 7.77. The maximum Gasteiger partial charge on any atom is 0.244 e. The maximum atomic E-state index is 12.4. The van der Waals surface area contributed by atoms with Gasteiger partial charge in [-0.25, -0.2) is 13.1 Å². The van der Waals surface area contributed by atoms with Crippen LogP contribution in [-0.4, -0.2) is 38.0 Å². The number of thioether (sulfide) groups is 1. The summed E-state index contributed by atoms with van der Waals surface area (Å²) in [5.74, 6) is 2.70. The summed E-state index contributed by atoms with van der Waals surface area (Å²) < 4.78 is 27.5. The molecule has 7 heteroatoms. The van der Waals surface area contributed by atoms with Gasteiger partial charge >= 0.3 is 0 Å². The summed E-state index contributed by atoms with van der Waals surface area (Å²) in [6, 6.07) is 1.69. The molecule has 0 aliphatic carbocycles. The van der Waals surface area contributed by atoms with Crippen LogP contribution in [0.5, 0.6) is 0 Å². The molecule has 2 rings (SSSR count). The Balaban J connectivity index is 2.05. The number of hydrogen-bond acceptors (Lipinski definition) is 5. The van der Waals surface area contributed by atoms with Gasteiger partial charge in [0.1, 0.15) is 4.90 Å². The van der Waals surface area contributed by atoms with Crippen molar-refractivity contribution in [3.8, 4) is 0 Å². The van der Waals surface area contributed by atoms with Gasteiger partial charge < -0.3 is 5.32 Å². The van der Waals surface area contributed by atoms with Crippen LogP contribution in [0.15, 0.2) is 23.4 Å². The zero-order valence-electron chi connectivity index (χ0n) is 11.6. The molecular weight excluding hydrogens is 294 g/mol. The molecular formula is C13H21N3O2S2. The molecule has 5 nitrogen and oxygen atoms in total. The van der Waals surface area contributed by atoms with Gasteiger partial charge in [0.25, 0.3) is 0 Å². The summed E-state index contributed by atoms with van der Waals surface area (Å²) in [7, 11) is -3.49. The molecule has 0 bridgehead atoms. The van der Waals surface area contributed by atoms with E-state index in [1.54, 1.807) is 12.3 Å². The minimum atomic E-state index is -3.49. The molecule has 0 unspecified atom stereocenters. The lowest BCUT2D eigenvalue weighted by Gasteiger charge is -2.21. The van der Waals surface area contributed by atoms with Crippen molar-refractivity contribution < 1.29 is 8.42 Å². The summed E-state index contributed by atoms with van der Waals surface area (Å²) >= 11 is 1.94. The molecule has 0 saturated carbocycles. The third-order valence-electron chi connectivity index (χ3n) is 3.34. The highest BCUT2D eigenvalue weighted by Gasteiger charge is 2.21. The maximum absolute atomic E-state index is 12.4. The highest BCUT2D eigenvalue weighted by molar-refractivity contribution is 7.99. The predicted molar refractivity (Wildman–Crippen MR) is 83.6 cm³/mol. The molecule has 2 N–H and O–H groups in total. The first-order valence-electron chi connectivity index (χ1n) is 6.88. The Morgan fingerprint density at radius 2 is 2.15 bits per heavy atom. The van der Waals surface area contributed by atoms with Crippen molar-refractivity contribution in [2.75, 3.05) is 29.9 Å². The molecule has 1 aromatic rings. The molecule has 20 heavy (non-hydrogen) atoms. The number of aromatic nitrogens is 1. The van der Waals surface area contributed by atoms with Crippen LogP contribution in [0.4, 0.5) is 5.69 Å². The van der Waals surface area contributed by atoms with Gasteiger partial charge in [0.15, 0.2) is 0 Å². The topological polar surface area (TPSA) is 71.1 Å². The lowest BCUT2D eigenvalue weighted by atomic mass is 10.0. The van der Waals surface area contributed by atoms with Crippen molar-refractivity contribution in [2.45, 2.75) is 24.7 Å². The van der Waals surface area contributed by atoms with Crippen LogP contribution in [-0.2, 0) is 10.0 Å². The SMILES string of the molecule is CCNc1ccncc1S(=O)(=O)NCC1CCSCC1. The summed E-state index contributed by atoms with van der Waals surface area (Å²) in [6.45, 7) is 3.12. The van der Waals surface area contributed by atoms with Crippen LogP contribution >= 0.6 is 11.8 Å². The Morgan fingerprint density at radius 3 is 2.85 bits per heavy atom.